The SMILES string of the molecule is O=Cc1ccc(-c2ccc3c(-c4nn(Cc5ccccc5)c5ccccc45)ncnc3c2)o1. The van der Waals surface area contributed by atoms with E-state index in [0.717, 1.165) is 38.8 Å². The number of carbonyl (C=O) groups is 1. The molecule has 0 spiro atoms. The Kier molecular flexibility index (Phi) is 4.54. The molecule has 33 heavy (non-hydrogen) atoms. The lowest BCUT2D eigenvalue weighted by atomic mass is 10.1. The number of furan rings is 1. The summed E-state index contributed by atoms with van der Waals surface area (Å²) in [4.78, 5) is 20.1. The maximum atomic E-state index is 11.0. The lowest BCUT2D eigenvalue weighted by Gasteiger charge is -2.05. The van der Waals surface area contributed by atoms with Crippen LogP contribution in [0.4, 0.5) is 0 Å². The summed E-state index contributed by atoms with van der Waals surface area (Å²) in [6, 6.07) is 27.8. The van der Waals surface area contributed by atoms with Gasteiger partial charge in [-0.25, -0.2) is 9.97 Å². The third kappa shape index (κ3) is 3.38. The van der Waals surface area contributed by atoms with Crippen molar-refractivity contribution in [2.45, 2.75) is 6.54 Å². The summed E-state index contributed by atoms with van der Waals surface area (Å²) >= 11 is 0. The number of rotatable bonds is 5. The van der Waals surface area contributed by atoms with Crippen molar-refractivity contribution >= 4 is 28.1 Å². The van der Waals surface area contributed by atoms with Crippen LogP contribution in [0.15, 0.2) is 95.7 Å². The number of hydrogen-bond donors (Lipinski definition) is 0. The van der Waals surface area contributed by atoms with E-state index in [2.05, 4.69) is 34.2 Å². The topological polar surface area (TPSA) is 73.8 Å². The number of hydrogen-bond acceptors (Lipinski definition) is 5. The molecule has 3 aromatic heterocycles. The van der Waals surface area contributed by atoms with E-state index in [0.29, 0.717) is 24.4 Å². The average molecular weight is 430 g/mol. The molecule has 0 amide bonds. The number of benzene rings is 3. The highest BCUT2D eigenvalue weighted by atomic mass is 16.3. The van der Waals surface area contributed by atoms with Gasteiger partial charge in [-0.1, -0.05) is 54.6 Å². The molecule has 0 saturated carbocycles. The normalized spacial score (nSPS) is 11.3. The first-order valence-electron chi connectivity index (χ1n) is 10.6. The Morgan fingerprint density at radius 3 is 2.52 bits per heavy atom. The van der Waals surface area contributed by atoms with Crippen LogP contribution in [0.2, 0.25) is 0 Å². The quantitative estimate of drug-likeness (QED) is 0.325. The largest absolute Gasteiger partial charge is 0.453 e. The highest BCUT2D eigenvalue weighted by Gasteiger charge is 2.17. The summed E-state index contributed by atoms with van der Waals surface area (Å²) in [7, 11) is 0. The molecule has 6 aromatic rings. The monoisotopic (exact) mass is 430 g/mol. The van der Waals surface area contributed by atoms with E-state index in [1.54, 1.807) is 18.5 Å². The van der Waals surface area contributed by atoms with E-state index >= 15 is 0 Å². The van der Waals surface area contributed by atoms with Crippen LogP contribution >= 0.6 is 0 Å². The molecule has 6 heteroatoms. The molecule has 0 N–H and O–H groups in total. The third-order valence-corrected chi connectivity index (χ3v) is 5.72. The number of nitrogens with zero attached hydrogens (tertiary/aromatic N) is 4. The van der Waals surface area contributed by atoms with Crippen LogP contribution in [0.1, 0.15) is 16.1 Å². The Bertz CT molecular complexity index is 1620. The zero-order valence-corrected chi connectivity index (χ0v) is 17.6. The summed E-state index contributed by atoms with van der Waals surface area (Å²) in [6.07, 6.45) is 2.26. The molecular formula is C27H18N4O2. The Labute approximate surface area is 189 Å². The van der Waals surface area contributed by atoms with Gasteiger partial charge in [-0.15, -0.1) is 0 Å². The number of carbonyl (C=O) groups excluding carboxylic acids is 1. The van der Waals surface area contributed by atoms with Crippen molar-refractivity contribution in [3.05, 3.63) is 103 Å². The van der Waals surface area contributed by atoms with Gasteiger partial charge in [0.2, 0.25) is 0 Å². The first kappa shape index (κ1) is 19.1. The van der Waals surface area contributed by atoms with E-state index in [1.165, 1.54) is 5.56 Å². The van der Waals surface area contributed by atoms with E-state index in [-0.39, 0.29) is 0 Å². The van der Waals surface area contributed by atoms with Gasteiger partial charge in [0, 0.05) is 16.3 Å². The zero-order valence-electron chi connectivity index (χ0n) is 17.6. The number of fused-ring (bicyclic) bond motifs is 2. The standard InChI is InChI=1S/C27H18N4O2/c32-16-20-11-13-25(33-20)19-10-12-21-23(14-19)28-17-29-26(21)27-22-8-4-5-9-24(22)31(30-27)15-18-6-2-1-3-7-18/h1-14,16-17H,15H2. The van der Waals surface area contributed by atoms with Crippen molar-refractivity contribution in [3.63, 3.8) is 0 Å². The fraction of sp³-hybridized carbons (Fsp3) is 0.0370. The van der Waals surface area contributed by atoms with Crippen molar-refractivity contribution in [2.75, 3.05) is 0 Å². The van der Waals surface area contributed by atoms with Gasteiger partial charge in [-0.2, -0.15) is 5.10 Å². The van der Waals surface area contributed by atoms with E-state index in [1.807, 2.05) is 53.2 Å². The third-order valence-electron chi connectivity index (χ3n) is 5.72. The van der Waals surface area contributed by atoms with E-state index < -0.39 is 0 Å². The molecule has 0 bridgehead atoms. The zero-order chi connectivity index (χ0) is 22.2. The summed E-state index contributed by atoms with van der Waals surface area (Å²) in [6.45, 7) is 0.673. The molecule has 6 nitrogen and oxygen atoms in total. The Morgan fingerprint density at radius 1 is 0.818 bits per heavy atom. The predicted octanol–water partition coefficient (Wildman–Crippen LogP) is 5.77. The highest BCUT2D eigenvalue weighted by Crippen LogP contribution is 2.33. The molecule has 0 aliphatic rings. The molecule has 0 unspecified atom stereocenters. The lowest BCUT2D eigenvalue weighted by molar-refractivity contribution is 0.110. The fourth-order valence-electron chi connectivity index (χ4n) is 4.15. The van der Waals surface area contributed by atoms with Crippen LogP contribution in [-0.2, 0) is 6.54 Å². The summed E-state index contributed by atoms with van der Waals surface area (Å²) in [5.41, 5.74) is 5.47. The molecule has 158 valence electrons. The first-order chi connectivity index (χ1) is 16.3. The Balaban J connectivity index is 1.49. The van der Waals surface area contributed by atoms with Gasteiger partial charge >= 0.3 is 0 Å². The predicted molar refractivity (Wildman–Crippen MR) is 127 cm³/mol. The van der Waals surface area contributed by atoms with Gasteiger partial charge in [-0.05, 0) is 35.9 Å². The van der Waals surface area contributed by atoms with Crippen molar-refractivity contribution in [2.24, 2.45) is 0 Å². The van der Waals surface area contributed by atoms with Gasteiger partial charge < -0.3 is 4.42 Å². The van der Waals surface area contributed by atoms with Gasteiger partial charge in [-0.3, -0.25) is 9.48 Å². The van der Waals surface area contributed by atoms with Crippen LogP contribution in [-0.4, -0.2) is 26.0 Å². The smallest absolute Gasteiger partial charge is 0.185 e. The fourth-order valence-corrected chi connectivity index (χ4v) is 4.15. The van der Waals surface area contributed by atoms with Crippen LogP contribution in [0, 0.1) is 0 Å². The maximum absolute atomic E-state index is 11.0. The molecule has 3 heterocycles. The second-order valence-corrected chi connectivity index (χ2v) is 7.78. The van der Waals surface area contributed by atoms with Crippen molar-refractivity contribution in [1.29, 1.82) is 0 Å². The van der Waals surface area contributed by atoms with Gasteiger partial charge in [0.1, 0.15) is 23.5 Å². The maximum Gasteiger partial charge on any atom is 0.185 e. The minimum absolute atomic E-state index is 0.295. The highest BCUT2D eigenvalue weighted by molar-refractivity contribution is 6.01. The summed E-state index contributed by atoms with van der Waals surface area (Å²) in [5, 5.41) is 6.91. The number of aromatic nitrogens is 4. The van der Waals surface area contributed by atoms with Crippen LogP contribution in [0.5, 0.6) is 0 Å². The first-order valence-corrected chi connectivity index (χ1v) is 10.6. The second kappa shape index (κ2) is 7.84. The molecule has 0 fully saturated rings. The lowest BCUT2D eigenvalue weighted by Crippen LogP contribution is -2.01. The van der Waals surface area contributed by atoms with Crippen molar-refractivity contribution in [3.8, 4) is 22.7 Å². The number of para-hydroxylation sites is 1. The minimum atomic E-state index is 0.295. The van der Waals surface area contributed by atoms with Crippen LogP contribution in [0.3, 0.4) is 0 Å². The molecule has 0 saturated heterocycles. The minimum Gasteiger partial charge on any atom is -0.453 e. The van der Waals surface area contributed by atoms with E-state index in [9.17, 15) is 4.79 Å². The molecular weight excluding hydrogens is 412 g/mol. The molecule has 3 aromatic carbocycles. The van der Waals surface area contributed by atoms with Crippen LogP contribution in [0.25, 0.3) is 44.5 Å². The Morgan fingerprint density at radius 2 is 1.67 bits per heavy atom. The average Bonchev–Trinajstić information content (AvgIpc) is 3.49. The summed E-state index contributed by atoms with van der Waals surface area (Å²) in [5.74, 6) is 0.917. The van der Waals surface area contributed by atoms with Gasteiger partial charge in [0.25, 0.3) is 0 Å². The molecule has 0 radical (unpaired) electrons. The molecule has 6 rings (SSSR count). The summed E-state index contributed by atoms with van der Waals surface area (Å²) < 4.78 is 7.59. The van der Waals surface area contributed by atoms with Crippen molar-refractivity contribution < 1.29 is 9.21 Å². The van der Waals surface area contributed by atoms with E-state index in [4.69, 9.17) is 9.52 Å². The second-order valence-electron chi connectivity index (χ2n) is 7.78. The molecule has 0 aliphatic carbocycles. The van der Waals surface area contributed by atoms with Crippen LogP contribution < -0.4 is 0 Å². The van der Waals surface area contributed by atoms with Gasteiger partial charge in [0.15, 0.2) is 12.0 Å². The van der Waals surface area contributed by atoms with Crippen molar-refractivity contribution in [1.82, 2.24) is 19.7 Å². The Hall–Kier alpha value is -4.58. The van der Waals surface area contributed by atoms with Gasteiger partial charge in [0.05, 0.1) is 17.6 Å². The molecule has 0 aliphatic heterocycles. The number of aldehydes is 1. The molecule has 0 atom stereocenters.